The van der Waals surface area contributed by atoms with Gasteiger partial charge in [-0.25, -0.2) is 4.68 Å². The molecular formula is C25H20F3N3O3S. The molecule has 1 heterocycles. The number of alkyl halides is 3. The highest BCUT2D eigenvalue weighted by Crippen LogP contribution is 2.32. The van der Waals surface area contributed by atoms with Crippen LogP contribution in [0.5, 0.6) is 0 Å². The number of benzene rings is 3. The smallest absolute Gasteiger partial charge is 0.416 e. The Kier molecular flexibility index (Phi) is 6.93. The predicted molar refractivity (Wildman–Crippen MR) is 127 cm³/mol. The number of fused-ring (bicyclic) bond motifs is 1. The van der Waals surface area contributed by atoms with E-state index in [1.54, 1.807) is 36.4 Å². The average Bonchev–Trinajstić information content (AvgIpc) is 2.83. The molecule has 10 heteroatoms. The quantitative estimate of drug-likeness (QED) is 0.342. The standard InChI is InChI=1S/C25H20F3N3O3S/c1-15-3-2-4-20-22(15)29-30-31(23(20)32)14-13-21(24(33)34)35-19-11-7-17(8-12-19)16-5-9-18(10-6-16)25(26,27)28/h2-12,21H,13-14H2,1H3,(H,33,34). The summed E-state index contributed by atoms with van der Waals surface area (Å²) in [5, 5.41) is 17.3. The Morgan fingerprint density at radius 3 is 2.26 bits per heavy atom. The lowest BCUT2D eigenvalue weighted by Crippen LogP contribution is -2.27. The molecule has 0 spiro atoms. The highest BCUT2D eigenvalue weighted by Gasteiger charge is 2.30. The first-order valence-electron chi connectivity index (χ1n) is 10.6. The first-order valence-corrected chi connectivity index (χ1v) is 11.5. The van der Waals surface area contributed by atoms with Gasteiger partial charge in [-0.3, -0.25) is 9.59 Å². The second-order valence-electron chi connectivity index (χ2n) is 7.92. The molecule has 1 unspecified atom stereocenters. The van der Waals surface area contributed by atoms with Crippen molar-refractivity contribution in [2.75, 3.05) is 0 Å². The number of aromatic nitrogens is 3. The van der Waals surface area contributed by atoms with Crippen LogP contribution < -0.4 is 5.56 Å². The SMILES string of the molecule is Cc1cccc2c(=O)n(CCC(Sc3ccc(-c4ccc(C(F)(F)F)cc4)cc3)C(=O)O)nnc12. The number of nitrogens with zero attached hydrogens (tertiary/aromatic N) is 3. The molecule has 0 amide bonds. The Morgan fingerprint density at radius 1 is 1.03 bits per heavy atom. The van der Waals surface area contributed by atoms with Gasteiger partial charge in [0.1, 0.15) is 10.8 Å². The van der Waals surface area contributed by atoms with Crippen molar-refractivity contribution in [2.24, 2.45) is 0 Å². The second kappa shape index (κ2) is 9.91. The molecule has 0 radical (unpaired) electrons. The lowest BCUT2D eigenvalue weighted by Gasteiger charge is -2.13. The number of carboxylic acids is 1. The van der Waals surface area contributed by atoms with Crippen molar-refractivity contribution in [3.05, 3.63) is 88.2 Å². The zero-order chi connectivity index (χ0) is 25.2. The summed E-state index contributed by atoms with van der Waals surface area (Å²) < 4.78 is 39.5. The van der Waals surface area contributed by atoms with Gasteiger partial charge in [0.05, 0.1) is 10.9 Å². The summed E-state index contributed by atoms with van der Waals surface area (Å²) in [7, 11) is 0. The lowest BCUT2D eigenvalue weighted by molar-refractivity contribution is -0.138. The molecule has 1 aromatic heterocycles. The molecule has 4 aromatic rings. The van der Waals surface area contributed by atoms with E-state index in [0.717, 1.165) is 29.5 Å². The molecule has 6 nitrogen and oxygen atoms in total. The summed E-state index contributed by atoms with van der Waals surface area (Å²) in [6.45, 7) is 1.92. The van der Waals surface area contributed by atoms with Gasteiger partial charge >= 0.3 is 12.1 Å². The van der Waals surface area contributed by atoms with E-state index in [-0.39, 0.29) is 18.5 Å². The largest absolute Gasteiger partial charge is 0.480 e. The topological polar surface area (TPSA) is 85.1 Å². The second-order valence-corrected chi connectivity index (χ2v) is 9.20. The fourth-order valence-corrected chi connectivity index (χ4v) is 4.55. The van der Waals surface area contributed by atoms with Crippen LogP contribution in [-0.4, -0.2) is 31.3 Å². The van der Waals surface area contributed by atoms with E-state index in [1.807, 2.05) is 13.0 Å². The number of hydrogen-bond acceptors (Lipinski definition) is 5. The van der Waals surface area contributed by atoms with E-state index in [4.69, 9.17) is 0 Å². The molecule has 3 aromatic carbocycles. The average molecular weight is 500 g/mol. The molecular weight excluding hydrogens is 479 g/mol. The number of aliphatic carboxylic acids is 1. The van der Waals surface area contributed by atoms with Crippen LogP contribution >= 0.6 is 11.8 Å². The number of rotatable bonds is 7. The minimum absolute atomic E-state index is 0.0866. The molecule has 0 aliphatic rings. The van der Waals surface area contributed by atoms with E-state index < -0.39 is 23.0 Å². The summed E-state index contributed by atoms with van der Waals surface area (Å²) in [5.74, 6) is -1.03. The predicted octanol–water partition coefficient (Wildman–Crippen LogP) is 5.42. The number of aryl methyl sites for hydroxylation is 2. The molecule has 4 rings (SSSR count). The van der Waals surface area contributed by atoms with Gasteiger partial charge in [0.2, 0.25) is 0 Å². The van der Waals surface area contributed by atoms with Crippen molar-refractivity contribution in [3.63, 3.8) is 0 Å². The number of halogens is 3. The van der Waals surface area contributed by atoms with Crippen LogP contribution in [0, 0.1) is 6.92 Å². The van der Waals surface area contributed by atoms with Crippen LogP contribution in [0.1, 0.15) is 17.5 Å². The summed E-state index contributed by atoms with van der Waals surface area (Å²) in [6, 6.07) is 17.0. The van der Waals surface area contributed by atoms with Gasteiger partial charge < -0.3 is 5.11 Å². The van der Waals surface area contributed by atoms with Gasteiger partial charge in [0.25, 0.3) is 5.56 Å². The first-order chi connectivity index (χ1) is 16.6. The number of carboxylic acid groups (broad SMARTS) is 1. The maximum atomic E-state index is 12.8. The molecule has 0 aliphatic carbocycles. The summed E-state index contributed by atoms with van der Waals surface area (Å²) in [6.07, 6.45) is -4.25. The first kappa shape index (κ1) is 24.5. The summed E-state index contributed by atoms with van der Waals surface area (Å²) >= 11 is 1.13. The fraction of sp³-hybridized carbons (Fsp3) is 0.200. The van der Waals surface area contributed by atoms with E-state index in [2.05, 4.69) is 10.3 Å². The van der Waals surface area contributed by atoms with Crippen molar-refractivity contribution in [1.82, 2.24) is 15.0 Å². The number of thioether (sulfide) groups is 1. The minimum Gasteiger partial charge on any atom is -0.480 e. The maximum Gasteiger partial charge on any atom is 0.416 e. The van der Waals surface area contributed by atoms with Gasteiger partial charge in [-0.2, -0.15) is 13.2 Å². The van der Waals surface area contributed by atoms with Crippen molar-refractivity contribution < 1.29 is 23.1 Å². The van der Waals surface area contributed by atoms with E-state index in [0.29, 0.717) is 26.9 Å². The lowest BCUT2D eigenvalue weighted by atomic mass is 10.0. The third kappa shape index (κ3) is 5.54. The van der Waals surface area contributed by atoms with Gasteiger partial charge in [-0.05, 0) is 60.4 Å². The molecule has 0 fully saturated rings. The molecule has 0 aliphatic heterocycles. The molecule has 180 valence electrons. The zero-order valence-electron chi connectivity index (χ0n) is 18.5. The van der Waals surface area contributed by atoms with Crippen LogP contribution in [0.2, 0.25) is 0 Å². The normalized spacial score (nSPS) is 12.6. The molecule has 0 saturated carbocycles. The van der Waals surface area contributed by atoms with Crippen molar-refractivity contribution in [2.45, 2.75) is 36.2 Å². The third-order valence-electron chi connectivity index (χ3n) is 5.51. The maximum absolute atomic E-state index is 12.8. The van der Waals surface area contributed by atoms with E-state index >= 15 is 0 Å². The van der Waals surface area contributed by atoms with E-state index in [1.165, 1.54) is 16.8 Å². The Bertz CT molecular complexity index is 1420. The summed E-state index contributed by atoms with van der Waals surface area (Å²) in [5.41, 5.74) is 1.64. The highest BCUT2D eigenvalue weighted by molar-refractivity contribution is 8.00. The number of hydrogen-bond donors (Lipinski definition) is 1. The Balaban J connectivity index is 1.45. The monoisotopic (exact) mass is 499 g/mol. The van der Waals surface area contributed by atoms with Gasteiger partial charge in [-0.1, -0.05) is 41.6 Å². The van der Waals surface area contributed by atoms with Gasteiger partial charge in [0, 0.05) is 11.4 Å². The third-order valence-corrected chi connectivity index (χ3v) is 6.78. The summed E-state index contributed by atoms with van der Waals surface area (Å²) in [4.78, 5) is 25.2. The fourth-order valence-electron chi connectivity index (χ4n) is 3.60. The Labute approximate surface area is 202 Å². The Morgan fingerprint density at radius 2 is 1.66 bits per heavy atom. The highest BCUT2D eigenvalue weighted by atomic mass is 32.2. The molecule has 1 N–H and O–H groups in total. The molecule has 1 atom stereocenters. The van der Waals surface area contributed by atoms with Crippen molar-refractivity contribution in [3.8, 4) is 11.1 Å². The van der Waals surface area contributed by atoms with Crippen LogP contribution in [0.4, 0.5) is 13.2 Å². The zero-order valence-corrected chi connectivity index (χ0v) is 19.3. The van der Waals surface area contributed by atoms with Crippen LogP contribution in [0.25, 0.3) is 22.0 Å². The van der Waals surface area contributed by atoms with Crippen molar-refractivity contribution >= 4 is 28.6 Å². The van der Waals surface area contributed by atoms with Gasteiger partial charge in [-0.15, -0.1) is 16.9 Å². The van der Waals surface area contributed by atoms with Gasteiger partial charge in [0.15, 0.2) is 0 Å². The molecule has 35 heavy (non-hydrogen) atoms. The van der Waals surface area contributed by atoms with E-state index in [9.17, 15) is 27.9 Å². The van der Waals surface area contributed by atoms with Crippen molar-refractivity contribution in [1.29, 1.82) is 0 Å². The molecule has 0 saturated heterocycles. The molecule has 0 bridgehead atoms. The van der Waals surface area contributed by atoms with Crippen LogP contribution in [0.3, 0.4) is 0 Å². The van der Waals surface area contributed by atoms with Crippen LogP contribution in [0.15, 0.2) is 76.4 Å². The van der Waals surface area contributed by atoms with Crippen LogP contribution in [-0.2, 0) is 17.5 Å². The number of carbonyl (C=O) groups is 1. The minimum atomic E-state index is -4.40. The Hall–Kier alpha value is -3.66.